The summed E-state index contributed by atoms with van der Waals surface area (Å²) in [5.74, 6) is 0. The fraction of sp³-hybridized carbons (Fsp3) is 0.524. The standard InChI is InChI=1S/C21H28N4O4S2/c1-20(2)8-7-14-17(13-5-4-6-15(13)23-18(14)20)24-19(27)25-31(22,29)16-9-12(10-30-16)21(3,28)11-26/h9-10,26,28H,4-8,11H2,1-3H3,(H3,22,23,24,25,27,29)/t21-,31+/m0/s1. The Morgan fingerprint density at radius 3 is 2.84 bits per heavy atom. The average Bonchev–Trinajstić information content (AvgIpc) is 3.41. The number of aromatic nitrogens is 1. The predicted octanol–water partition coefficient (Wildman–Crippen LogP) is 2.99. The van der Waals surface area contributed by atoms with Crippen molar-refractivity contribution in [2.75, 3.05) is 11.9 Å². The lowest BCUT2D eigenvalue weighted by atomic mass is 9.90. The zero-order chi connectivity index (χ0) is 22.6. The largest absolute Gasteiger partial charge is 0.393 e. The highest BCUT2D eigenvalue weighted by atomic mass is 32.2. The minimum absolute atomic E-state index is 0.0536. The topological polar surface area (TPSA) is 138 Å². The van der Waals surface area contributed by atoms with Gasteiger partial charge in [-0.05, 0) is 67.2 Å². The third-order valence-corrected chi connectivity index (χ3v) is 9.07. The van der Waals surface area contributed by atoms with Crippen LogP contribution >= 0.6 is 11.3 Å². The summed E-state index contributed by atoms with van der Waals surface area (Å²) in [6.07, 6.45) is 4.49. The quantitative estimate of drug-likeness (QED) is 0.551. The van der Waals surface area contributed by atoms with Gasteiger partial charge in [-0.2, -0.15) is 0 Å². The van der Waals surface area contributed by atoms with Crippen LogP contribution in [-0.2, 0) is 40.2 Å². The SMILES string of the molecule is CC1(C)CCc2c1nc1c(c2NC(=O)N=[S@@](N)(=O)c2cc([C@@](C)(O)CO)cs2)CCC1. The molecule has 0 saturated heterocycles. The summed E-state index contributed by atoms with van der Waals surface area (Å²) in [5, 5.41) is 29.8. The van der Waals surface area contributed by atoms with E-state index in [0.29, 0.717) is 5.56 Å². The normalized spacial score (nSPS) is 20.5. The summed E-state index contributed by atoms with van der Waals surface area (Å²) < 4.78 is 16.9. The smallest absolute Gasteiger partial charge is 0.354 e. The highest BCUT2D eigenvalue weighted by Gasteiger charge is 2.36. The van der Waals surface area contributed by atoms with E-state index in [1.807, 2.05) is 0 Å². The van der Waals surface area contributed by atoms with Gasteiger partial charge in [-0.15, -0.1) is 15.7 Å². The monoisotopic (exact) mass is 464 g/mol. The predicted molar refractivity (Wildman–Crippen MR) is 121 cm³/mol. The van der Waals surface area contributed by atoms with E-state index in [-0.39, 0.29) is 9.62 Å². The number of urea groups is 1. The highest BCUT2D eigenvalue weighted by molar-refractivity contribution is 7.93. The number of anilines is 1. The molecule has 0 bridgehead atoms. The van der Waals surface area contributed by atoms with E-state index in [1.165, 1.54) is 13.0 Å². The number of aliphatic hydroxyl groups is 2. The van der Waals surface area contributed by atoms with Gasteiger partial charge in [0.2, 0.25) is 0 Å². The first-order valence-corrected chi connectivity index (χ1v) is 12.7. The number of rotatable bonds is 4. The number of hydrogen-bond donors (Lipinski definition) is 4. The van der Waals surface area contributed by atoms with Gasteiger partial charge < -0.3 is 15.5 Å². The van der Waals surface area contributed by atoms with Crippen molar-refractivity contribution in [3.8, 4) is 0 Å². The van der Waals surface area contributed by atoms with Crippen LogP contribution in [0.3, 0.4) is 0 Å². The molecule has 2 aromatic rings. The summed E-state index contributed by atoms with van der Waals surface area (Å²) in [4.78, 5) is 17.7. The van der Waals surface area contributed by atoms with E-state index < -0.39 is 28.2 Å². The Hall–Kier alpha value is -1.85. The van der Waals surface area contributed by atoms with Crippen LogP contribution in [0.5, 0.6) is 0 Å². The Bertz CT molecular complexity index is 1180. The Kier molecular flexibility index (Phi) is 5.50. The molecule has 2 aliphatic carbocycles. The van der Waals surface area contributed by atoms with E-state index in [4.69, 9.17) is 10.1 Å². The molecule has 2 aromatic heterocycles. The maximum atomic E-state index is 13.0. The number of nitrogens with two attached hydrogens (primary N) is 1. The van der Waals surface area contributed by atoms with Crippen LogP contribution in [-0.4, -0.2) is 32.0 Å². The number of aliphatic hydroxyl groups excluding tert-OH is 1. The third kappa shape index (κ3) is 4.03. The third-order valence-electron chi connectivity index (χ3n) is 6.21. The van der Waals surface area contributed by atoms with Crippen LogP contribution in [0.4, 0.5) is 10.5 Å². The summed E-state index contributed by atoms with van der Waals surface area (Å²) in [5.41, 5.74) is 3.70. The molecule has 31 heavy (non-hydrogen) atoms. The van der Waals surface area contributed by atoms with Crippen molar-refractivity contribution >= 4 is 33.0 Å². The van der Waals surface area contributed by atoms with Crippen LogP contribution in [0, 0.1) is 0 Å². The lowest BCUT2D eigenvalue weighted by Crippen LogP contribution is -2.25. The molecule has 2 heterocycles. The summed E-state index contributed by atoms with van der Waals surface area (Å²) in [6.45, 7) is 5.26. The number of fused-ring (bicyclic) bond motifs is 2. The molecule has 0 aromatic carbocycles. The van der Waals surface area contributed by atoms with Gasteiger partial charge in [-0.3, -0.25) is 4.98 Å². The number of aryl methyl sites for hydroxylation is 1. The van der Waals surface area contributed by atoms with Crippen molar-refractivity contribution in [3.05, 3.63) is 39.5 Å². The van der Waals surface area contributed by atoms with Crippen molar-refractivity contribution in [2.45, 2.75) is 68.1 Å². The lowest BCUT2D eigenvalue weighted by molar-refractivity contribution is -0.00203. The molecule has 168 valence electrons. The molecule has 0 aliphatic heterocycles. The van der Waals surface area contributed by atoms with Gasteiger partial charge in [0.15, 0.2) is 9.92 Å². The van der Waals surface area contributed by atoms with Gasteiger partial charge in [-0.25, -0.2) is 14.1 Å². The molecule has 2 amide bonds. The van der Waals surface area contributed by atoms with Crippen molar-refractivity contribution in [2.24, 2.45) is 9.50 Å². The van der Waals surface area contributed by atoms with Gasteiger partial charge in [0.1, 0.15) is 9.81 Å². The number of thiophene rings is 1. The Morgan fingerprint density at radius 2 is 2.13 bits per heavy atom. The Morgan fingerprint density at radius 1 is 1.39 bits per heavy atom. The molecule has 2 atom stereocenters. The van der Waals surface area contributed by atoms with Crippen molar-refractivity contribution in [1.29, 1.82) is 0 Å². The number of nitrogens with one attached hydrogen (secondary N) is 1. The van der Waals surface area contributed by atoms with Gasteiger partial charge in [0.05, 0.1) is 18.0 Å². The van der Waals surface area contributed by atoms with Gasteiger partial charge in [0.25, 0.3) is 0 Å². The molecule has 2 aliphatic rings. The van der Waals surface area contributed by atoms with Crippen molar-refractivity contribution in [1.82, 2.24) is 4.98 Å². The van der Waals surface area contributed by atoms with Crippen LogP contribution in [0.1, 0.15) is 61.7 Å². The average molecular weight is 465 g/mol. The second-order valence-corrected chi connectivity index (χ2v) is 12.1. The molecule has 0 saturated carbocycles. The van der Waals surface area contributed by atoms with Gasteiger partial charge in [-0.1, -0.05) is 13.8 Å². The van der Waals surface area contributed by atoms with Gasteiger partial charge in [0, 0.05) is 11.1 Å². The lowest BCUT2D eigenvalue weighted by Gasteiger charge is -2.20. The van der Waals surface area contributed by atoms with E-state index in [1.54, 1.807) is 5.38 Å². The molecule has 10 heteroatoms. The minimum atomic E-state index is -3.51. The first-order chi connectivity index (χ1) is 14.4. The fourth-order valence-corrected chi connectivity index (χ4v) is 6.52. The Balaban J connectivity index is 1.67. The fourth-order valence-electron chi connectivity index (χ4n) is 4.27. The van der Waals surface area contributed by atoms with Gasteiger partial charge >= 0.3 is 6.03 Å². The molecular formula is C21H28N4O4S2. The molecular weight excluding hydrogens is 436 g/mol. The first-order valence-electron chi connectivity index (χ1n) is 10.3. The molecule has 0 radical (unpaired) electrons. The maximum Gasteiger partial charge on any atom is 0.354 e. The highest BCUT2D eigenvalue weighted by Crippen LogP contribution is 2.44. The molecule has 0 spiro atoms. The number of nitrogens with zero attached hydrogens (tertiary/aromatic N) is 2. The number of amides is 2. The minimum Gasteiger partial charge on any atom is -0.393 e. The Labute approximate surface area is 186 Å². The second kappa shape index (κ2) is 7.63. The van der Waals surface area contributed by atoms with E-state index in [0.717, 1.165) is 71.6 Å². The van der Waals surface area contributed by atoms with Crippen molar-refractivity contribution < 1.29 is 19.2 Å². The van der Waals surface area contributed by atoms with E-state index in [9.17, 15) is 19.2 Å². The van der Waals surface area contributed by atoms with E-state index in [2.05, 4.69) is 23.5 Å². The van der Waals surface area contributed by atoms with Crippen LogP contribution in [0.15, 0.2) is 20.0 Å². The molecule has 0 fully saturated rings. The first kappa shape index (κ1) is 22.3. The van der Waals surface area contributed by atoms with Crippen molar-refractivity contribution in [3.63, 3.8) is 0 Å². The number of carbonyl (C=O) groups is 1. The van der Waals surface area contributed by atoms with Crippen LogP contribution in [0.2, 0.25) is 0 Å². The summed E-state index contributed by atoms with van der Waals surface area (Å²) in [6, 6.07) is 0.660. The second-order valence-electron chi connectivity index (χ2n) is 9.15. The molecule has 8 nitrogen and oxygen atoms in total. The molecule has 5 N–H and O–H groups in total. The number of hydrogen-bond acceptors (Lipinski definition) is 6. The van der Waals surface area contributed by atoms with Crippen LogP contribution in [0.25, 0.3) is 0 Å². The zero-order valence-electron chi connectivity index (χ0n) is 17.9. The number of pyridine rings is 1. The maximum absolute atomic E-state index is 13.0. The zero-order valence-corrected chi connectivity index (χ0v) is 19.5. The summed E-state index contributed by atoms with van der Waals surface area (Å²) in [7, 11) is -3.51. The van der Waals surface area contributed by atoms with Crippen LogP contribution < -0.4 is 10.5 Å². The van der Waals surface area contributed by atoms with E-state index >= 15 is 0 Å². The molecule has 4 rings (SSSR count). The number of carbonyl (C=O) groups excluding carboxylic acids is 1. The molecule has 0 unspecified atom stereocenters. The summed E-state index contributed by atoms with van der Waals surface area (Å²) >= 11 is 1.03.